The maximum absolute atomic E-state index is 5.59. The summed E-state index contributed by atoms with van der Waals surface area (Å²) in [7, 11) is 1.71. The molecule has 0 N–H and O–H groups in total. The largest absolute Gasteiger partial charge is 0.496 e. The third-order valence-electron chi connectivity index (χ3n) is 3.60. The Morgan fingerprint density at radius 2 is 1.57 bits per heavy atom. The molecule has 0 aliphatic carbocycles. The van der Waals surface area contributed by atoms with Crippen LogP contribution in [-0.4, -0.2) is 12.1 Å². The number of methoxy groups -OCH3 is 1. The highest BCUT2D eigenvalue weighted by Crippen LogP contribution is 2.39. The summed E-state index contributed by atoms with van der Waals surface area (Å²) in [6.07, 6.45) is 1.82. The first-order valence-electron chi connectivity index (χ1n) is 6.95. The summed E-state index contributed by atoms with van der Waals surface area (Å²) in [5.41, 5.74) is 5.53. The molecule has 0 atom stereocenters. The Kier molecular flexibility index (Phi) is 3.69. The van der Waals surface area contributed by atoms with Crippen LogP contribution in [0.3, 0.4) is 0 Å². The predicted octanol–water partition coefficient (Wildman–Crippen LogP) is 4.73. The fourth-order valence-corrected chi connectivity index (χ4v) is 2.57. The molecule has 0 aliphatic rings. The highest BCUT2D eigenvalue weighted by molar-refractivity contribution is 5.87. The molecule has 2 heteroatoms. The predicted molar refractivity (Wildman–Crippen MR) is 86.4 cm³/mol. The summed E-state index contributed by atoms with van der Waals surface area (Å²) in [5.74, 6) is 0.868. The Morgan fingerprint density at radius 3 is 2.29 bits per heavy atom. The van der Waals surface area contributed by atoms with E-state index in [1.165, 1.54) is 11.1 Å². The van der Waals surface area contributed by atoms with Gasteiger partial charge in [-0.15, -0.1) is 0 Å². The van der Waals surface area contributed by atoms with E-state index in [9.17, 15) is 0 Å². The van der Waals surface area contributed by atoms with Gasteiger partial charge in [-0.25, -0.2) is 0 Å². The average molecular weight is 275 g/mol. The van der Waals surface area contributed by atoms with Gasteiger partial charge in [0.05, 0.1) is 12.8 Å². The maximum atomic E-state index is 5.59. The van der Waals surface area contributed by atoms with E-state index < -0.39 is 0 Å². The number of hydrogen-bond acceptors (Lipinski definition) is 2. The van der Waals surface area contributed by atoms with Crippen molar-refractivity contribution < 1.29 is 4.74 Å². The lowest BCUT2D eigenvalue weighted by atomic mass is 9.93. The average Bonchev–Trinajstić information content (AvgIpc) is 2.55. The molecule has 3 rings (SSSR count). The van der Waals surface area contributed by atoms with Crippen molar-refractivity contribution in [1.29, 1.82) is 0 Å². The molecule has 1 heterocycles. The molecule has 1 aromatic heterocycles. The number of aryl methyl sites for hydroxylation is 1. The molecular weight excluding hydrogens is 258 g/mol. The van der Waals surface area contributed by atoms with Gasteiger partial charge in [-0.05, 0) is 36.2 Å². The molecule has 0 radical (unpaired) electrons. The zero-order chi connectivity index (χ0) is 14.7. The number of rotatable bonds is 3. The summed E-state index contributed by atoms with van der Waals surface area (Å²) < 4.78 is 5.59. The Bertz CT molecular complexity index is 751. The molecule has 0 aliphatic heterocycles. The van der Waals surface area contributed by atoms with Gasteiger partial charge in [0, 0.05) is 17.3 Å². The minimum absolute atomic E-state index is 0.868. The van der Waals surface area contributed by atoms with Crippen molar-refractivity contribution in [2.75, 3.05) is 7.11 Å². The van der Waals surface area contributed by atoms with Crippen molar-refractivity contribution in [1.82, 2.24) is 4.98 Å². The molecule has 0 amide bonds. The van der Waals surface area contributed by atoms with E-state index in [0.29, 0.717) is 0 Å². The van der Waals surface area contributed by atoms with E-state index in [0.717, 1.165) is 22.6 Å². The summed E-state index contributed by atoms with van der Waals surface area (Å²) in [5, 5.41) is 0. The minimum Gasteiger partial charge on any atom is -0.496 e. The Labute approximate surface area is 125 Å². The van der Waals surface area contributed by atoms with Crippen molar-refractivity contribution in [3.63, 3.8) is 0 Å². The SMILES string of the molecule is COc1cccc(-c2ccccn2)c1-c1ccccc1C. The van der Waals surface area contributed by atoms with Crippen LogP contribution in [0.25, 0.3) is 22.4 Å². The van der Waals surface area contributed by atoms with E-state index >= 15 is 0 Å². The highest BCUT2D eigenvalue weighted by Gasteiger charge is 2.14. The molecule has 21 heavy (non-hydrogen) atoms. The van der Waals surface area contributed by atoms with Gasteiger partial charge in [-0.1, -0.05) is 42.5 Å². The molecule has 0 saturated carbocycles. The topological polar surface area (TPSA) is 22.1 Å². The number of ether oxygens (including phenoxy) is 1. The van der Waals surface area contributed by atoms with E-state index in [4.69, 9.17) is 4.74 Å². The van der Waals surface area contributed by atoms with Gasteiger partial charge in [-0.3, -0.25) is 4.98 Å². The number of benzene rings is 2. The Hall–Kier alpha value is -2.61. The molecule has 0 bridgehead atoms. The van der Waals surface area contributed by atoms with Gasteiger partial charge in [0.25, 0.3) is 0 Å². The van der Waals surface area contributed by atoms with Crippen molar-refractivity contribution in [2.24, 2.45) is 0 Å². The third kappa shape index (κ3) is 2.52. The number of pyridine rings is 1. The van der Waals surface area contributed by atoms with Crippen LogP contribution in [0, 0.1) is 6.92 Å². The van der Waals surface area contributed by atoms with Crippen molar-refractivity contribution in [2.45, 2.75) is 6.92 Å². The normalized spacial score (nSPS) is 10.4. The smallest absolute Gasteiger partial charge is 0.127 e. The Morgan fingerprint density at radius 1 is 0.810 bits per heavy atom. The van der Waals surface area contributed by atoms with Gasteiger partial charge >= 0.3 is 0 Å². The lowest BCUT2D eigenvalue weighted by molar-refractivity contribution is 0.416. The van der Waals surface area contributed by atoms with Gasteiger partial charge in [0.1, 0.15) is 5.75 Å². The molecule has 2 nitrogen and oxygen atoms in total. The van der Waals surface area contributed by atoms with Gasteiger partial charge < -0.3 is 4.74 Å². The van der Waals surface area contributed by atoms with Crippen LogP contribution in [0.1, 0.15) is 5.56 Å². The first kappa shape index (κ1) is 13.4. The molecule has 3 aromatic rings. The van der Waals surface area contributed by atoms with Crippen molar-refractivity contribution >= 4 is 0 Å². The fourth-order valence-electron chi connectivity index (χ4n) is 2.57. The quantitative estimate of drug-likeness (QED) is 0.689. The van der Waals surface area contributed by atoms with Gasteiger partial charge in [-0.2, -0.15) is 0 Å². The molecule has 104 valence electrons. The van der Waals surface area contributed by atoms with E-state index in [2.05, 4.69) is 42.2 Å². The highest BCUT2D eigenvalue weighted by atomic mass is 16.5. The molecule has 0 saturated heterocycles. The summed E-state index contributed by atoms with van der Waals surface area (Å²) in [4.78, 5) is 4.48. The lowest BCUT2D eigenvalue weighted by Gasteiger charge is -2.15. The first-order chi connectivity index (χ1) is 10.3. The number of hydrogen-bond donors (Lipinski definition) is 0. The summed E-state index contributed by atoms with van der Waals surface area (Å²) in [6, 6.07) is 20.4. The van der Waals surface area contributed by atoms with Gasteiger partial charge in [0.15, 0.2) is 0 Å². The monoisotopic (exact) mass is 275 g/mol. The zero-order valence-corrected chi connectivity index (χ0v) is 12.2. The fraction of sp³-hybridized carbons (Fsp3) is 0.105. The van der Waals surface area contributed by atoms with Crippen LogP contribution in [0.5, 0.6) is 5.75 Å². The second kappa shape index (κ2) is 5.80. The van der Waals surface area contributed by atoms with Gasteiger partial charge in [0.2, 0.25) is 0 Å². The molecule has 2 aromatic carbocycles. The second-order valence-corrected chi connectivity index (χ2v) is 4.91. The van der Waals surface area contributed by atoms with Crippen LogP contribution < -0.4 is 4.74 Å². The molecule has 0 fully saturated rings. The summed E-state index contributed by atoms with van der Waals surface area (Å²) in [6.45, 7) is 2.12. The maximum Gasteiger partial charge on any atom is 0.127 e. The first-order valence-corrected chi connectivity index (χ1v) is 6.95. The summed E-state index contributed by atoms with van der Waals surface area (Å²) >= 11 is 0. The van der Waals surface area contributed by atoms with Crippen LogP contribution >= 0.6 is 0 Å². The van der Waals surface area contributed by atoms with E-state index in [-0.39, 0.29) is 0 Å². The van der Waals surface area contributed by atoms with Crippen molar-refractivity contribution in [3.05, 3.63) is 72.4 Å². The van der Waals surface area contributed by atoms with Crippen molar-refractivity contribution in [3.8, 4) is 28.1 Å². The number of aromatic nitrogens is 1. The van der Waals surface area contributed by atoms with Crippen LogP contribution in [0.4, 0.5) is 0 Å². The van der Waals surface area contributed by atoms with E-state index in [1.807, 2.05) is 36.5 Å². The van der Waals surface area contributed by atoms with E-state index in [1.54, 1.807) is 7.11 Å². The van der Waals surface area contributed by atoms with Crippen LogP contribution in [0.15, 0.2) is 66.9 Å². The second-order valence-electron chi connectivity index (χ2n) is 4.91. The Balaban J connectivity index is 2.30. The molecule has 0 spiro atoms. The number of nitrogens with zero attached hydrogens (tertiary/aromatic N) is 1. The van der Waals surface area contributed by atoms with Crippen LogP contribution in [-0.2, 0) is 0 Å². The zero-order valence-electron chi connectivity index (χ0n) is 12.2. The standard InChI is InChI=1S/C19H17NO/c1-14-8-3-4-9-15(14)19-16(10-7-12-18(19)21-2)17-11-5-6-13-20-17/h3-13H,1-2H3. The molecular formula is C19H17NO. The molecule has 0 unspecified atom stereocenters. The third-order valence-corrected chi connectivity index (χ3v) is 3.60. The lowest BCUT2D eigenvalue weighted by Crippen LogP contribution is -1.94. The van der Waals surface area contributed by atoms with Crippen LogP contribution in [0.2, 0.25) is 0 Å². The minimum atomic E-state index is 0.868.